The van der Waals surface area contributed by atoms with Gasteiger partial charge < -0.3 is 39.0 Å². The SMILES string of the molecule is CC[C@H]1OC(=O)C(C)(CC)C(=O)[C@H](C)[C@@H](OC2O[C@H](C)C[C@H](N(C)C)[C@H]2O)[C@@](C)(OC)C[C@@H](C)C(=O)[C@H](C)C2NC(=O)OC21C. The number of methoxy groups -OCH3 is 1. The van der Waals surface area contributed by atoms with Crippen molar-refractivity contribution in [2.24, 2.45) is 23.2 Å². The molecule has 4 unspecified atom stereocenters. The number of amides is 1. The molecule has 0 radical (unpaired) electrons. The molecule has 3 aliphatic rings. The maximum absolute atomic E-state index is 14.5. The number of cyclic esters (lactones) is 1. The largest absolute Gasteiger partial charge is 0.457 e. The number of alkyl carbamates (subject to hydrolysis) is 1. The molecule has 0 aliphatic carbocycles. The number of fused-ring (bicyclic) bond motifs is 1. The van der Waals surface area contributed by atoms with E-state index in [9.17, 15) is 24.3 Å². The first-order chi connectivity index (χ1) is 20.8. The quantitative estimate of drug-likeness (QED) is 0.325. The fourth-order valence-electron chi connectivity index (χ4n) is 7.60. The predicted octanol–water partition coefficient (Wildman–Crippen LogP) is 3.26. The third-order valence-electron chi connectivity index (χ3n) is 10.8. The van der Waals surface area contributed by atoms with Crippen molar-refractivity contribution < 1.29 is 48.0 Å². The maximum Gasteiger partial charge on any atom is 0.408 e. The van der Waals surface area contributed by atoms with Crippen LogP contribution in [-0.2, 0) is 38.1 Å². The molecule has 3 aliphatic heterocycles. The van der Waals surface area contributed by atoms with Gasteiger partial charge in [-0.1, -0.05) is 34.6 Å². The third-order valence-corrected chi connectivity index (χ3v) is 10.8. The molecule has 45 heavy (non-hydrogen) atoms. The number of aliphatic hydroxyl groups is 1. The highest BCUT2D eigenvalue weighted by molar-refractivity contribution is 6.04. The van der Waals surface area contributed by atoms with Crippen molar-refractivity contribution in [1.29, 1.82) is 0 Å². The van der Waals surface area contributed by atoms with Crippen molar-refractivity contribution >= 4 is 23.6 Å². The highest BCUT2D eigenvalue weighted by atomic mass is 16.7. The molecule has 3 saturated heterocycles. The first kappa shape index (κ1) is 37.3. The van der Waals surface area contributed by atoms with Crippen molar-refractivity contribution in [3.8, 4) is 0 Å². The van der Waals surface area contributed by atoms with Gasteiger partial charge in [0.05, 0.1) is 23.9 Å². The fourth-order valence-corrected chi connectivity index (χ4v) is 7.60. The van der Waals surface area contributed by atoms with E-state index in [1.807, 2.05) is 25.9 Å². The molecule has 13 atom stereocenters. The molecule has 0 saturated carbocycles. The second-order valence-corrected chi connectivity index (χ2v) is 14.3. The predicted molar refractivity (Wildman–Crippen MR) is 165 cm³/mol. The molecule has 2 N–H and O–H groups in total. The summed E-state index contributed by atoms with van der Waals surface area (Å²) < 4.78 is 30.6. The number of nitrogens with one attached hydrogen (secondary N) is 1. The standard InChI is InChI=1S/C33H56N2O10/c1-13-22-33(9)25(34-30(40)45-33)19(5)23(36)17(3)16-32(8,41-12)27(20(6)26(38)31(7,14-2)29(39)43-22)44-28-24(37)21(35(10)11)15-18(4)42-28/h17-22,24-25,27-28,37H,13-16H2,1-12H3,(H,34,40)/t17-,18-,19+,20+,21+,22-,24-,25?,27-,28?,31?,32+,33?/m1/s1. The summed E-state index contributed by atoms with van der Waals surface area (Å²) in [5, 5.41) is 14.1. The lowest BCUT2D eigenvalue weighted by molar-refractivity contribution is -0.295. The zero-order chi connectivity index (χ0) is 34.2. The van der Waals surface area contributed by atoms with Crippen LogP contribution >= 0.6 is 0 Å². The minimum absolute atomic E-state index is 0.133. The first-order valence-electron chi connectivity index (χ1n) is 16.3. The van der Waals surface area contributed by atoms with Gasteiger partial charge in [-0.05, 0) is 67.5 Å². The average molecular weight is 641 g/mol. The Bertz CT molecular complexity index is 1120. The molecule has 258 valence electrons. The summed E-state index contributed by atoms with van der Waals surface area (Å²) in [5.41, 5.74) is -4.18. The Morgan fingerprint density at radius 3 is 2.18 bits per heavy atom. The summed E-state index contributed by atoms with van der Waals surface area (Å²) in [7, 11) is 5.23. The van der Waals surface area contributed by atoms with Crippen LogP contribution in [0, 0.1) is 23.2 Å². The molecule has 3 fully saturated rings. The minimum Gasteiger partial charge on any atom is -0.457 e. The van der Waals surface area contributed by atoms with Crippen LogP contribution in [0.5, 0.6) is 0 Å². The molecule has 0 aromatic heterocycles. The highest BCUT2D eigenvalue weighted by Crippen LogP contribution is 2.42. The number of carbonyl (C=O) groups is 4. The van der Waals surface area contributed by atoms with Crippen LogP contribution in [0.4, 0.5) is 4.79 Å². The topological polar surface area (TPSA) is 150 Å². The molecular formula is C33H56N2O10. The summed E-state index contributed by atoms with van der Waals surface area (Å²) in [5.74, 6) is -3.62. The van der Waals surface area contributed by atoms with Gasteiger partial charge in [-0.3, -0.25) is 14.4 Å². The van der Waals surface area contributed by atoms with E-state index < -0.39 is 82.9 Å². The number of esters is 1. The second kappa shape index (κ2) is 13.9. The molecule has 0 aromatic carbocycles. The Morgan fingerprint density at radius 2 is 1.64 bits per heavy atom. The van der Waals surface area contributed by atoms with Crippen LogP contribution in [0.1, 0.15) is 88.0 Å². The second-order valence-electron chi connectivity index (χ2n) is 14.3. The van der Waals surface area contributed by atoms with E-state index in [0.717, 1.165) is 0 Å². The van der Waals surface area contributed by atoms with Gasteiger partial charge in [-0.25, -0.2) is 4.79 Å². The number of rotatable bonds is 6. The number of hydrogen-bond donors (Lipinski definition) is 2. The van der Waals surface area contributed by atoms with E-state index in [1.165, 1.54) is 7.11 Å². The van der Waals surface area contributed by atoms with Gasteiger partial charge in [0.25, 0.3) is 0 Å². The summed E-state index contributed by atoms with van der Waals surface area (Å²) >= 11 is 0. The van der Waals surface area contributed by atoms with E-state index in [4.69, 9.17) is 23.7 Å². The van der Waals surface area contributed by atoms with Gasteiger partial charge in [0.1, 0.15) is 23.4 Å². The van der Waals surface area contributed by atoms with Gasteiger partial charge in [-0.15, -0.1) is 0 Å². The van der Waals surface area contributed by atoms with Crippen LogP contribution in [0.2, 0.25) is 0 Å². The van der Waals surface area contributed by atoms with E-state index in [0.29, 0.717) is 6.42 Å². The first-order valence-corrected chi connectivity index (χ1v) is 16.3. The van der Waals surface area contributed by atoms with Crippen LogP contribution < -0.4 is 5.32 Å². The van der Waals surface area contributed by atoms with Crippen molar-refractivity contribution in [1.82, 2.24) is 10.2 Å². The molecule has 0 spiro atoms. The van der Waals surface area contributed by atoms with E-state index in [2.05, 4.69) is 5.32 Å². The van der Waals surface area contributed by atoms with Gasteiger partial charge in [0.2, 0.25) is 0 Å². The van der Waals surface area contributed by atoms with E-state index in [-0.39, 0.29) is 37.2 Å². The minimum atomic E-state index is -1.59. The number of ether oxygens (including phenoxy) is 5. The Balaban J connectivity index is 2.17. The molecule has 3 rings (SSSR count). The number of ketones is 2. The molecule has 12 nitrogen and oxygen atoms in total. The maximum atomic E-state index is 14.5. The van der Waals surface area contributed by atoms with Gasteiger partial charge in [0.15, 0.2) is 17.7 Å². The summed E-state index contributed by atoms with van der Waals surface area (Å²) in [6.45, 7) is 15.6. The van der Waals surface area contributed by atoms with Crippen LogP contribution in [0.3, 0.4) is 0 Å². The summed E-state index contributed by atoms with van der Waals surface area (Å²) in [6, 6.07) is -1.06. The number of Topliss-reactive ketones (excluding diaryl/α,β-unsaturated/α-hetero) is 2. The summed E-state index contributed by atoms with van der Waals surface area (Å²) in [4.78, 5) is 57.0. The number of aliphatic hydroxyl groups excluding tert-OH is 1. The Hall–Kier alpha value is -2.12. The van der Waals surface area contributed by atoms with Crippen LogP contribution in [-0.4, -0.2) is 109 Å². The monoisotopic (exact) mass is 640 g/mol. The van der Waals surface area contributed by atoms with Crippen molar-refractivity contribution in [2.75, 3.05) is 21.2 Å². The highest BCUT2D eigenvalue weighted by Gasteiger charge is 2.58. The molecule has 0 aromatic rings. The number of carbonyl (C=O) groups excluding carboxylic acids is 4. The lowest BCUT2D eigenvalue weighted by Crippen LogP contribution is -2.61. The van der Waals surface area contributed by atoms with Crippen LogP contribution in [0.15, 0.2) is 0 Å². The zero-order valence-corrected chi connectivity index (χ0v) is 29.2. The van der Waals surface area contributed by atoms with E-state index in [1.54, 1.807) is 55.4 Å². The molecular weight excluding hydrogens is 584 g/mol. The van der Waals surface area contributed by atoms with Crippen molar-refractivity contribution in [3.63, 3.8) is 0 Å². The third kappa shape index (κ3) is 6.95. The van der Waals surface area contributed by atoms with E-state index >= 15 is 0 Å². The molecule has 1 amide bonds. The normalized spacial score (nSPS) is 45.4. The van der Waals surface area contributed by atoms with Gasteiger partial charge >= 0.3 is 12.1 Å². The Morgan fingerprint density at radius 1 is 1.02 bits per heavy atom. The molecule has 0 bridgehead atoms. The van der Waals surface area contributed by atoms with Crippen molar-refractivity contribution in [3.05, 3.63) is 0 Å². The van der Waals surface area contributed by atoms with Crippen molar-refractivity contribution in [2.45, 2.75) is 142 Å². The summed E-state index contributed by atoms with van der Waals surface area (Å²) in [6.07, 6.45) is -3.91. The molecule has 3 heterocycles. The number of hydrogen-bond acceptors (Lipinski definition) is 11. The smallest absolute Gasteiger partial charge is 0.408 e. The zero-order valence-electron chi connectivity index (χ0n) is 29.2. The van der Waals surface area contributed by atoms with Crippen LogP contribution in [0.25, 0.3) is 0 Å². The fraction of sp³-hybridized carbons (Fsp3) is 0.879. The Kier molecular flexibility index (Phi) is 11.6. The number of likely N-dealkylation sites (N-methyl/N-ethyl adjacent to an activating group) is 1. The molecule has 12 heteroatoms. The Labute approximate surface area is 268 Å². The van der Waals surface area contributed by atoms with Gasteiger partial charge in [0, 0.05) is 30.9 Å². The number of nitrogens with zero attached hydrogens (tertiary/aromatic N) is 1. The lowest BCUT2D eigenvalue weighted by Gasteiger charge is -2.47. The average Bonchev–Trinajstić information content (AvgIpc) is 3.31. The lowest BCUT2D eigenvalue weighted by atomic mass is 9.70. The van der Waals surface area contributed by atoms with Gasteiger partial charge in [-0.2, -0.15) is 0 Å².